The van der Waals surface area contributed by atoms with Crippen molar-refractivity contribution in [1.82, 2.24) is 4.90 Å². The predicted octanol–water partition coefficient (Wildman–Crippen LogP) is 3.35. The lowest BCUT2D eigenvalue weighted by Gasteiger charge is -2.45. The van der Waals surface area contributed by atoms with Crippen LogP contribution in [0.4, 0.5) is 5.69 Å². The van der Waals surface area contributed by atoms with E-state index in [2.05, 4.69) is 6.07 Å². The van der Waals surface area contributed by atoms with Gasteiger partial charge in [0.1, 0.15) is 0 Å². The Morgan fingerprint density at radius 1 is 0.966 bits per heavy atom. The molecule has 0 atom stereocenters. The zero-order chi connectivity index (χ0) is 20.4. The Bertz CT molecular complexity index is 894. The van der Waals surface area contributed by atoms with Crippen LogP contribution in [0, 0.1) is 0 Å². The fourth-order valence-electron chi connectivity index (χ4n) is 4.75. The molecule has 152 valence electrons. The number of piperazine rings is 1. The van der Waals surface area contributed by atoms with Gasteiger partial charge in [-0.25, -0.2) is 0 Å². The quantitative estimate of drug-likeness (QED) is 0.784. The molecule has 0 unspecified atom stereocenters. The number of nitrogens with two attached hydrogens (primary N) is 1. The molecule has 29 heavy (non-hydrogen) atoms. The van der Waals surface area contributed by atoms with Crippen LogP contribution in [0.2, 0.25) is 5.02 Å². The fourth-order valence-corrected chi connectivity index (χ4v) is 4.94. The van der Waals surface area contributed by atoms with Crippen LogP contribution in [-0.4, -0.2) is 42.4 Å². The molecular weight excluding hydrogens is 386 g/mol. The van der Waals surface area contributed by atoms with Crippen LogP contribution in [0.5, 0.6) is 0 Å². The van der Waals surface area contributed by atoms with Gasteiger partial charge in [-0.2, -0.15) is 0 Å². The summed E-state index contributed by atoms with van der Waals surface area (Å²) in [5.74, 6) is -0.832. The van der Waals surface area contributed by atoms with E-state index in [1.165, 1.54) is 5.56 Å². The third-order valence-corrected chi connectivity index (χ3v) is 6.74. The maximum atomic E-state index is 12.8. The van der Waals surface area contributed by atoms with Gasteiger partial charge in [0.15, 0.2) is 0 Å². The standard InChI is InChI=1S/C23H26ClN3O2/c24-18-6-4-5-17(15-18)23(16-25)11-9-20(10-12-23)27-14-13-26(21(28)22(27)29)19-7-2-1-3-8-19/h1-8,15,20H,9-14,16,25H2. The van der Waals surface area contributed by atoms with Crippen molar-refractivity contribution in [2.24, 2.45) is 5.73 Å². The molecule has 0 spiro atoms. The molecule has 0 radical (unpaired) electrons. The average molecular weight is 412 g/mol. The van der Waals surface area contributed by atoms with E-state index in [9.17, 15) is 9.59 Å². The molecule has 4 rings (SSSR count). The van der Waals surface area contributed by atoms with E-state index in [1.807, 2.05) is 48.5 Å². The van der Waals surface area contributed by atoms with Gasteiger partial charge in [-0.3, -0.25) is 9.59 Å². The van der Waals surface area contributed by atoms with Crippen molar-refractivity contribution in [3.8, 4) is 0 Å². The van der Waals surface area contributed by atoms with Crippen molar-refractivity contribution < 1.29 is 9.59 Å². The van der Waals surface area contributed by atoms with E-state index in [-0.39, 0.29) is 11.5 Å². The van der Waals surface area contributed by atoms with Crippen molar-refractivity contribution in [3.05, 3.63) is 65.2 Å². The zero-order valence-corrected chi connectivity index (χ0v) is 17.1. The van der Waals surface area contributed by atoms with Gasteiger partial charge in [0, 0.05) is 41.8 Å². The summed E-state index contributed by atoms with van der Waals surface area (Å²) in [6.45, 7) is 1.65. The highest BCUT2D eigenvalue weighted by Crippen LogP contribution is 2.41. The number of benzene rings is 2. The van der Waals surface area contributed by atoms with Crippen LogP contribution < -0.4 is 10.6 Å². The van der Waals surface area contributed by atoms with Crippen LogP contribution in [0.1, 0.15) is 31.2 Å². The van der Waals surface area contributed by atoms with Gasteiger partial charge in [0.2, 0.25) is 0 Å². The Labute approximate surface area is 176 Å². The Hall–Kier alpha value is -2.37. The average Bonchev–Trinajstić information content (AvgIpc) is 2.76. The fraction of sp³-hybridized carbons (Fsp3) is 0.391. The van der Waals surface area contributed by atoms with E-state index in [0.717, 1.165) is 36.4 Å². The molecule has 0 aromatic heterocycles. The Morgan fingerprint density at radius 3 is 2.34 bits per heavy atom. The molecule has 2 N–H and O–H groups in total. The monoisotopic (exact) mass is 411 g/mol. The molecule has 1 saturated heterocycles. The van der Waals surface area contributed by atoms with Gasteiger partial charge in [0.25, 0.3) is 0 Å². The second kappa shape index (κ2) is 8.17. The molecule has 2 aliphatic rings. The minimum Gasteiger partial charge on any atom is -0.330 e. The van der Waals surface area contributed by atoms with E-state index >= 15 is 0 Å². The molecule has 1 saturated carbocycles. The summed E-state index contributed by atoms with van der Waals surface area (Å²) in [7, 11) is 0. The number of halogens is 1. The lowest BCUT2D eigenvalue weighted by Crippen LogP contribution is -2.58. The van der Waals surface area contributed by atoms with Crippen molar-refractivity contribution in [1.29, 1.82) is 0 Å². The minimum absolute atomic E-state index is 0.0863. The highest BCUT2D eigenvalue weighted by atomic mass is 35.5. The molecule has 1 aliphatic carbocycles. The van der Waals surface area contributed by atoms with Crippen molar-refractivity contribution in [2.75, 3.05) is 24.5 Å². The summed E-state index contributed by atoms with van der Waals surface area (Å²) < 4.78 is 0. The van der Waals surface area contributed by atoms with Gasteiger partial charge < -0.3 is 15.5 Å². The maximum absolute atomic E-state index is 12.8. The van der Waals surface area contributed by atoms with Gasteiger partial charge in [-0.15, -0.1) is 0 Å². The highest BCUT2D eigenvalue weighted by Gasteiger charge is 2.42. The number of anilines is 1. The molecule has 2 fully saturated rings. The maximum Gasteiger partial charge on any atom is 0.316 e. The van der Waals surface area contributed by atoms with Gasteiger partial charge in [-0.1, -0.05) is 41.9 Å². The summed E-state index contributed by atoms with van der Waals surface area (Å²) in [6, 6.07) is 17.4. The summed E-state index contributed by atoms with van der Waals surface area (Å²) in [4.78, 5) is 28.9. The van der Waals surface area contributed by atoms with Crippen molar-refractivity contribution in [2.45, 2.75) is 37.1 Å². The van der Waals surface area contributed by atoms with Crippen LogP contribution >= 0.6 is 11.6 Å². The molecule has 1 heterocycles. The molecular formula is C23H26ClN3O2. The van der Waals surface area contributed by atoms with Gasteiger partial charge >= 0.3 is 11.8 Å². The lowest BCUT2D eigenvalue weighted by atomic mass is 9.68. The van der Waals surface area contributed by atoms with E-state index in [1.54, 1.807) is 9.80 Å². The van der Waals surface area contributed by atoms with Crippen LogP contribution in [0.25, 0.3) is 0 Å². The predicted molar refractivity (Wildman–Crippen MR) is 115 cm³/mol. The largest absolute Gasteiger partial charge is 0.330 e. The Morgan fingerprint density at radius 2 is 1.69 bits per heavy atom. The smallest absolute Gasteiger partial charge is 0.316 e. The van der Waals surface area contributed by atoms with Crippen molar-refractivity contribution >= 4 is 29.1 Å². The molecule has 2 amide bonds. The molecule has 0 bridgehead atoms. The number of hydrogen-bond donors (Lipinski definition) is 1. The number of para-hydroxylation sites is 1. The van der Waals surface area contributed by atoms with Gasteiger partial charge in [-0.05, 0) is 55.5 Å². The number of amides is 2. The minimum atomic E-state index is -0.437. The number of rotatable bonds is 4. The number of hydrogen-bond acceptors (Lipinski definition) is 3. The van der Waals surface area contributed by atoms with Crippen LogP contribution in [0.15, 0.2) is 54.6 Å². The topological polar surface area (TPSA) is 66.6 Å². The van der Waals surface area contributed by atoms with Crippen LogP contribution in [-0.2, 0) is 15.0 Å². The summed E-state index contributed by atoms with van der Waals surface area (Å²) in [5.41, 5.74) is 8.02. The number of carbonyl (C=O) groups is 2. The van der Waals surface area contributed by atoms with E-state index in [4.69, 9.17) is 17.3 Å². The molecule has 2 aromatic carbocycles. The summed E-state index contributed by atoms with van der Waals surface area (Å²) in [6.07, 6.45) is 3.45. The summed E-state index contributed by atoms with van der Waals surface area (Å²) in [5, 5.41) is 0.718. The van der Waals surface area contributed by atoms with E-state index in [0.29, 0.717) is 19.6 Å². The number of carbonyl (C=O) groups excluding carboxylic acids is 2. The third kappa shape index (κ3) is 3.77. The Kier molecular flexibility index (Phi) is 5.61. The van der Waals surface area contributed by atoms with Crippen LogP contribution in [0.3, 0.4) is 0 Å². The molecule has 6 heteroatoms. The molecule has 1 aliphatic heterocycles. The SMILES string of the molecule is NCC1(c2cccc(Cl)c2)CCC(N2CCN(c3ccccc3)C(=O)C2=O)CC1. The first-order valence-corrected chi connectivity index (χ1v) is 10.6. The highest BCUT2D eigenvalue weighted by molar-refractivity contribution is 6.41. The second-order valence-electron chi connectivity index (χ2n) is 8.02. The first kappa shape index (κ1) is 19.9. The molecule has 2 aromatic rings. The second-order valence-corrected chi connectivity index (χ2v) is 8.45. The zero-order valence-electron chi connectivity index (χ0n) is 16.4. The molecule has 5 nitrogen and oxygen atoms in total. The third-order valence-electron chi connectivity index (χ3n) is 6.50. The van der Waals surface area contributed by atoms with E-state index < -0.39 is 11.8 Å². The lowest BCUT2D eigenvalue weighted by molar-refractivity contribution is -0.148. The first-order valence-electron chi connectivity index (χ1n) is 10.2. The normalized spacial score (nSPS) is 25.4. The first-order chi connectivity index (χ1) is 14.0. The summed E-state index contributed by atoms with van der Waals surface area (Å²) >= 11 is 6.20. The number of nitrogens with zero attached hydrogens (tertiary/aromatic N) is 2. The Balaban J connectivity index is 1.45. The van der Waals surface area contributed by atoms with Gasteiger partial charge in [0.05, 0.1) is 0 Å². The van der Waals surface area contributed by atoms with Crippen molar-refractivity contribution in [3.63, 3.8) is 0 Å².